The van der Waals surface area contributed by atoms with Gasteiger partial charge in [-0.3, -0.25) is 9.59 Å². The van der Waals surface area contributed by atoms with E-state index in [0.29, 0.717) is 12.8 Å². The van der Waals surface area contributed by atoms with Crippen molar-refractivity contribution in [3.05, 3.63) is 0 Å². The molecule has 6 nitrogen and oxygen atoms in total. The number of hydrogen-bond acceptors (Lipinski definition) is 4. The van der Waals surface area contributed by atoms with Crippen molar-refractivity contribution in [3.63, 3.8) is 0 Å². The van der Waals surface area contributed by atoms with Gasteiger partial charge in [-0.05, 0) is 26.7 Å². The molecule has 7 heteroatoms. The fourth-order valence-corrected chi connectivity index (χ4v) is 2.63. The zero-order valence-electron chi connectivity index (χ0n) is 11.5. The highest BCUT2D eigenvalue weighted by molar-refractivity contribution is 7.92. The average Bonchev–Trinajstić information content (AvgIpc) is 2.63. The second-order valence-corrected chi connectivity index (χ2v) is 8.36. The SMILES string of the molecule is CC(C)(C(=O)NC1(CC(=O)O)CCCC1)S(C)(=O)=O. The van der Waals surface area contributed by atoms with Crippen molar-refractivity contribution in [2.24, 2.45) is 0 Å². The Labute approximate surface area is 113 Å². The number of carbonyl (C=O) groups is 2. The third-order valence-electron chi connectivity index (χ3n) is 3.90. The molecular formula is C12H21NO5S. The van der Waals surface area contributed by atoms with E-state index < -0.39 is 32.0 Å². The van der Waals surface area contributed by atoms with E-state index in [2.05, 4.69) is 5.32 Å². The van der Waals surface area contributed by atoms with Crippen molar-refractivity contribution < 1.29 is 23.1 Å². The van der Waals surface area contributed by atoms with E-state index in [0.717, 1.165) is 19.1 Å². The normalized spacial score (nSPS) is 19.1. The van der Waals surface area contributed by atoms with Gasteiger partial charge in [-0.1, -0.05) is 12.8 Å². The number of rotatable bonds is 5. The smallest absolute Gasteiger partial charge is 0.305 e. The predicted octanol–water partition coefficient (Wildman–Crippen LogP) is 0.713. The van der Waals surface area contributed by atoms with E-state index in [1.807, 2.05) is 0 Å². The topological polar surface area (TPSA) is 101 Å². The summed E-state index contributed by atoms with van der Waals surface area (Å²) in [6.45, 7) is 2.67. The molecule has 2 N–H and O–H groups in total. The third kappa shape index (κ3) is 3.46. The standard InChI is InChI=1S/C12H21NO5S/c1-11(2,19(3,17)18)10(16)13-12(8-9(14)15)6-4-5-7-12/h4-8H2,1-3H3,(H,13,16)(H,14,15). The fourth-order valence-electron chi connectivity index (χ4n) is 2.25. The van der Waals surface area contributed by atoms with Crippen molar-refractivity contribution in [2.75, 3.05) is 6.26 Å². The maximum absolute atomic E-state index is 12.2. The lowest BCUT2D eigenvalue weighted by atomic mass is 9.92. The lowest BCUT2D eigenvalue weighted by Gasteiger charge is -2.32. The van der Waals surface area contributed by atoms with E-state index in [-0.39, 0.29) is 6.42 Å². The Hall–Kier alpha value is -1.11. The molecule has 1 aliphatic rings. The summed E-state index contributed by atoms with van der Waals surface area (Å²) in [5, 5.41) is 11.6. The number of carboxylic acid groups (broad SMARTS) is 1. The highest BCUT2D eigenvalue weighted by atomic mass is 32.2. The maximum Gasteiger partial charge on any atom is 0.305 e. The van der Waals surface area contributed by atoms with Crippen molar-refractivity contribution in [3.8, 4) is 0 Å². The lowest BCUT2D eigenvalue weighted by molar-refractivity contribution is -0.139. The fraction of sp³-hybridized carbons (Fsp3) is 0.833. The lowest BCUT2D eigenvalue weighted by Crippen LogP contribution is -2.56. The quantitative estimate of drug-likeness (QED) is 0.777. The van der Waals surface area contributed by atoms with Crippen molar-refractivity contribution in [2.45, 2.75) is 56.2 Å². The Morgan fingerprint density at radius 1 is 1.26 bits per heavy atom. The molecule has 1 rings (SSSR count). The first-order valence-corrected chi connectivity index (χ1v) is 8.13. The first-order valence-electron chi connectivity index (χ1n) is 6.24. The van der Waals surface area contributed by atoms with Gasteiger partial charge in [0.25, 0.3) is 0 Å². The number of carbonyl (C=O) groups excluding carboxylic acids is 1. The van der Waals surface area contributed by atoms with Crippen molar-refractivity contribution in [1.82, 2.24) is 5.32 Å². The van der Waals surface area contributed by atoms with Crippen LogP contribution in [0.2, 0.25) is 0 Å². The molecule has 0 heterocycles. The van der Waals surface area contributed by atoms with Crippen LogP contribution < -0.4 is 5.32 Å². The van der Waals surface area contributed by atoms with Gasteiger partial charge in [-0.2, -0.15) is 0 Å². The molecule has 1 aliphatic carbocycles. The van der Waals surface area contributed by atoms with Gasteiger partial charge < -0.3 is 10.4 Å². The summed E-state index contributed by atoms with van der Waals surface area (Å²) in [7, 11) is -3.56. The monoisotopic (exact) mass is 291 g/mol. The van der Waals surface area contributed by atoms with Crippen molar-refractivity contribution in [1.29, 1.82) is 0 Å². The zero-order valence-corrected chi connectivity index (χ0v) is 12.3. The molecule has 0 spiro atoms. The molecule has 0 unspecified atom stereocenters. The molecule has 1 saturated carbocycles. The maximum atomic E-state index is 12.2. The minimum atomic E-state index is -3.56. The molecule has 0 aromatic carbocycles. The molecule has 0 aromatic rings. The van der Waals surface area contributed by atoms with Crippen LogP contribution in [0.5, 0.6) is 0 Å². The van der Waals surface area contributed by atoms with Gasteiger partial charge in [0, 0.05) is 6.26 Å². The summed E-state index contributed by atoms with van der Waals surface area (Å²) in [6, 6.07) is 0. The summed E-state index contributed by atoms with van der Waals surface area (Å²) < 4.78 is 21.7. The van der Waals surface area contributed by atoms with Crippen LogP contribution in [0.1, 0.15) is 46.0 Å². The Balaban J connectivity index is 2.92. The molecule has 0 aromatic heterocycles. The summed E-state index contributed by atoms with van der Waals surface area (Å²) in [5.74, 6) is -1.61. The molecule has 0 bridgehead atoms. The molecule has 1 fully saturated rings. The molecule has 0 aliphatic heterocycles. The van der Waals surface area contributed by atoms with Crippen LogP contribution in [0.25, 0.3) is 0 Å². The summed E-state index contributed by atoms with van der Waals surface area (Å²) in [4.78, 5) is 23.1. The van der Waals surface area contributed by atoms with Gasteiger partial charge in [-0.15, -0.1) is 0 Å². The number of sulfone groups is 1. The molecule has 19 heavy (non-hydrogen) atoms. The predicted molar refractivity (Wildman–Crippen MR) is 70.5 cm³/mol. The van der Waals surface area contributed by atoms with Gasteiger partial charge in [-0.25, -0.2) is 8.42 Å². The Bertz CT molecular complexity index is 474. The minimum Gasteiger partial charge on any atom is -0.481 e. The van der Waals surface area contributed by atoms with Crippen LogP contribution in [0.3, 0.4) is 0 Å². The van der Waals surface area contributed by atoms with E-state index >= 15 is 0 Å². The number of carboxylic acids is 1. The molecule has 110 valence electrons. The molecule has 0 radical (unpaired) electrons. The number of aliphatic carboxylic acids is 1. The van der Waals surface area contributed by atoms with Gasteiger partial charge >= 0.3 is 5.97 Å². The van der Waals surface area contributed by atoms with Crippen LogP contribution in [0.4, 0.5) is 0 Å². The van der Waals surface area contributed by atoms with E-state index in [1.54, 1.807) is 0 Å². The Kier molecular flexibility index (Phi) is 4.29. The summed E-state index contributed by atoms with van der Waals surface area (Å²) >= 11 is 0. The third-order valence-corrected chi connectivity index (χ3v) is 5.94. The van der Waals surface area contributed by atoms with Crippen LogP contribution in [0, 0.1) is 0 Å². The molecular weight excluding hydrogens is 270 g/mol. The van der Waals surface area contributed by atoms with Crippen LogP contribution in [0.15, 0.2) is 0 Å². The highest BCUT2D eigenvalue weighted by Gasteiger charge is 2.44. The molecule has 0 atom stereocenters. The van der Waals surface area contributed by atoms with Gasteiger partial charge in [0.05, 0.1) is 12.0 Å². The largest absolute Gasteiger partial charge is 0.481 e. The van der Waals surface area contributed by atoms with Crippen LogP contribution >= 0.6 is 0 Å². The van der Waals surface area contributed by atoms with Crippen LogP contribution in [-0.2, 0) is 19.4 Å². The van der Waals surface area contributed by atoms with E-state index in [9.17, 15) is 18.0 Å². The first-order chi connectivity index (χ1) is 8.50. The molecule has 0 saturated heterocycles. The van der Waals surface area contributed by atoms with Crippen LogP contribution in [-0.4, -0.2) is 41.9 Å². The highest BCUT2D eigenvalue weighted by Crippen LogP contribution is 2.33. The Morgan fingerprint density at radius 3 is 2.11 bits per heavy atom. The average molecular weight is 291 g/mol. The number of nitrogens with one attached hydrogen (secondary N) is 1. The van der Waals surface area contributed by atoms with Gasteiger partial charge in [0.2, 0.25) is 5.91 Å². The van der Waals surface area contributed by atoms with Crippen molar-refractivity contribution >= 4 is 21.7 Å². The van der Waals surface area contributed by atoms with E-state index in [4.69, 9.17) is 5.11 Å². The second kappa shape index (κ2) is 5.11. The molecule has 1 amide bonds. The minimum absolute atomic E-state index is 0.168. The second-order valence-electron chi connectivity index (χ2n) is 5.79. The van der Waals surface area contributed by atoms with E-state index in [1.165, 1.54) is 13.8 Å². The first kappa shape index (κ1) is 15.9. The van der Waals surface area contributed by atoms with Gasteiger partial charge in [0.15, 0.2) is 9.84 Å². The van der Waals surface area contributed by atoms with Gasteiger partial charge in [0.1, 0.15) is 4.75 Å². The summed E-state index contributed by atoms with van der Waals surface area (Å²) in [5.41, 5.74) is -0.801. The Morgan fingerprint density at radius 2 is 1.74 bits per heavy atom. The number of hydrogen-bond donors (Lipinski definition) is 2. The number of amides is 1. The summed E-state index contributed by atoms with van der Waals surface area (Å²) in [6.07, 6.45) is 3.67. The zero-order chi connectivity index (χ0) is 14.9.